The summed E-state index contributed by atoms with van der Waals surface area (Å²) in [6.45, 7) is 3.63. The zero-order chi connectivity index (χ0) is 16.9. The third-order valence-corrected chi connectivity index (χ3v) is 4.98. The first kappa shape index (κ1) is 23.1. The van der Waals surface area contributed by atoms with E-state index in [1.165, 1.54) is 0 Å². The second kappa shape index (κ2) is 11.1. The predicted molar refractivity (Wildman–Crippen MR) is 106 cm³/mol. The van der Waals surface area contributed by atoms with Crippen LogP contribution in [0.1, 0.15) is 24.4 Å². The Morgan fingerprint density at radius 2 is 1.81 bits per heavy atom. The van der Waals surface area contributed by atoms with Gasteiger partial charge in [0.1, 0.15) is 0 Å². The molecule has 2 heterocycles. The van der Waals surface area contributed by atoms with Crippen LogP contribution in [-0.2, 0) is 9.53 Å². The maximum atomic E-state index is 12.3. The fourth-order valence-corrected chi connectivity index (χ4v) is 3.68. The molecule has 2 fully saturated rings. The molecule has 1 amide bonds. The van der Waals surface area contributed by atoms with E-state index in [0.29, 0.717) is 13.2 Å². The molecule has 0 saturated carbocycles. The summed E-state index contributed by atoms with van der Waals surface area (Å²) in [7, 11) is 0. The molecule has 0 unspecified atom stereocenters. The van der Waals surface area contributed by atoms with Crippen molar-refractivity contribution >= 4 is 30.7 Å². The predicted octanol–water partition coefficient (Wildman–Crippen LogP) is 1.21. The fourth-order valence-electron chi connectivity index (χ4n) is 3.68. The Kier molecular flexibility index (Phi) is 9.85. The minimum Gasteiger partial charge on any atom is -0.393 e. The van der Waals surface area contributed by atoms with Crippen LogP contribution in [0.15, 0.2) is 30.3 Å². The Labute approximate surface area is 167 Å². The zero-order valence-corrected chi connectivity index (χ0v) is 16.5. The normalized spacial score (nSPS) is 24.5. The van der Waals surface area contributed by atoms with Crippen molar-refractivity contribution in [1.29, 1.82) is 0 Å². The number of aliphatic hydroxyl groups excluding tert-OH is 1. The highest BCUT2D eigenvalue weighted by Gasteiger charge is 2.37. The molecule has 2 aliphatic heterocycles. The number of benzene rings is 1. The van der Waals surface area contributed by atoms with Gasteiger partial charge in [0, 0.05) is 26.2 Å². The monoisotopic (exact) mass is 405 g/mol. The van der Waals surface area contributed by atoms with Gasteiger partial charge in [-0.15, -0.1) is 24.8 Å². The minimum absolute atomic E-state index is 0. The van der Waals surface area contributed by atoms with Crippen molar-refractivity contribution in [1.82, 2.24) is 9.80 Å². The summed E-state index contributed by atoms with van der Waals surface area (Å²) < 4.78 is 6.06. The number of halogens is 2. The third-order valence-electron chi connectivity index (χ3n) is 4.98. The van der Waals surface area contributed by atoms with Gasteiger partial charge < -0.3 is 25.4 Å². The number of rotatable bonds is 4. The number of likely N-dealkylation sites (tertiary alicyclic amines) is 1. The molecule has 3 rings (SSSR count). The van der Waals surface area contributed by atoms with E-state index in [-0.39, 0.29) is 55.5 Å². The Morgan fingerprint density at radius 1 is 1.15 bits per heavy atom. The molecule has 0 spiro atoms. The Balaban J connectivity index is 0.00000169. The molecular weight excluding hydrogens is 377 g/mol. The lowest BCUT2D eigenvalue weighted by molar-refractivity contribution is -0.147. The molecule has 0 aliphatic carbocycles. The van der Waals surface area contributed by atoms with Crippen molar-refractivity contribution in [2.75, 3.05) is 39.3 Å². The zero-order valence-electron chi connectivity index (χ0n) is 14.8. The fraction of sp³-hybridized carbons (Fsp3) is 0.611. The number of nitrogens with zero attached hydrogens (tertiary/aromatic N) is 2. The van der Waals surface area contributed by atoms with Crippen LogP contribution in [0.3, 0.4) is 0 Å². The maximum Gasteiger partial charge on any atom is 0.236 e. The van der Waals surface area contributed by atoms with E-state index in [2.05, 4.69) is 4.90 Å². The SMILES string of the molecule is Cl.Cl.NCC(=O)N1CCO[C@@H](CN2CCC(O)CC2)[C@@H]1c1ccccc1. The van der Waals surface area contributed by atoms with E-state index in [4.69, 9.17) is 10.5 Å². The highest BCUT2D eigenvalue weighted by molar-refractivity contribution is 5.85. The number of aliphatic hydroxyl groups is 1. The van der Waals surface area contributed by atoms with E-state index in [1.54, 1.807) is 0 Å². The van der Waals surface area contributed by atoms with Crippen LogP contribution < -0.4 is 5.73 Å². The number of ether oxygens (including phenoxy) is 1. The Hall–Kier alpha value is -0.890. The number of morpholine rings is 1. The van der Waals surface area contributed by atoms with Crippen molar-refractivity contribution < 1.29 is 14.6 Å². The van der Waals surface area contributed by atoms with E-state index in [1.807, 2.05) is 35.2 Å². The second-order valence-corrected chi connectivity index (χ2v) is 6.59. The van der Waals surface area contributed by atoms with Crippen molar-refractivity contribution in [2.45, 2.75) is 31.1 Å². The van der Waals surface area contributed by atoms with Gasteiger partial charge in [-0.1, -0.05) is 30.3 Å². The molecule has 0 radical (unpaired) electrons. The molecule has 1 aromatic rings. The van der Waals surface area contributed by atoms with Gasteiger partial charge >= 0.3 is 0 Å². The lowest BCUT2D eigenvalue weighted by Crippen LogP contribution is -2.53. The van der Waals surface area contributed by atoms with Crippen LogP contribution in [0.25, 0.3) is 0 Å². The lowest BCUT2D eigenvalue weighted by atomic mass is 9.96. The van der Waals surface area contributed by atoms with Gasteiger partial charge in [0.05, 0.1) is 31.4 Å². The van der Waals surface area contributed by atoms with Crippen molar-refractivity contribution in [3.63, 3.8) is 0 Å². The van der Waals surface area contributed by atoms with Crippen LogP contribution in [0.4, 0.5) is 0 Å². The largest absolute Gasteiger partial charge is 0.393 e. The molecule has 0 aromatic heterocycles. The molecule has 2 aliphatic rings. The number of carbonyl (C=O) groups excluding carboxylic acids is 1. The number of nitrogens with two attached hydrogens (primary N) is 1. The van der Waals surface area contributed by atoms with E-state index < -0.39 is 0 Å². The number of amides is 1. The first-order valence-corrected chi connectivity index (χ1v) is 8.75. The third kappa shape index (κ3) is 5.55. The highest BCUT2D eigenvalue weighted by Crippen LogP contribution is 2.30. The van der Waals surface area contributed by atoms with Gasteiger partial charge in [-0.3, -0.25) is 4.79 Å². The Morgan fingerprint density at radius 3 is 2.42 bits per heavy atom. The van der Waals surface area contributed by atoms with Crippen molar-refractivity contribution in [3.8, 4) is 0 Å². The average Bonchev–Trinajstić information content (AvgIpc) is 2.63. The summed E-state index contributed by atoms with van der Waals surface area (Å²) in [5.41, 5.74) is 6.70. The molecule has 3 N–H and O–H groups in total. The van der Waals surface area contributed by atoms with Gasteiger partial charge in [-0.2, -0.15) is 0 Å². The molecule has 148 valence electrons. The van der Waals surface area contributed by atoms with Gasteiger partial charge in [0.2, 0.25) is 5.91 Å². The van der Waals surface area contributed by atoms with Gasteiger partial charge in [-0.25, -0.2) is 0 Å². The van der Waals surface area contributed by atoms with Gasteiger partial charge in [0.15, 0.2) is 0 Å². The quantitative estimate of drug-likeness (QED) is 0.786. The first-order valence-electron chi connectivity index (χ1n) is 8.75. The van der Waals surface area contributed by atoms with Crippen LogP contribution in [0.2, 0.25) is 0 Å². The standard InChI is InChI=1S/C18H27N3O3.2ClH/c19-12-17(23)21-10-11-24-16(13-20-8-6-15(22)7-9-20)18(21)14-4-2-1-3-5-14;;/h1-5,15-16,18,22H,6-13,19H2;2*1H/t16-,18-;;/m0../s1. The average molecular weight is 406 g/mol. The summed E-state index contributed by atoms with van der Waals surface area (Å²) in [5.74, 6) is -0.0359. The number of carbonyl (C=O) groups is 1. The topological polar surface area (TPSA) is 79.0 Å². The molecule has 0 bridgehead atoms. The van der Waals surface area contributed by atoms with E-state index >= 15 is 0 Å². The summed E-state index contributed by atoms with van der Waals surface area (Å²) in [4.78, 5) is 16.5. The molecule has 26 heavy (non-hydrogen) atoms. The number of hydrogen-bond acceptors (Lipinski definition) is 5. The van der Waals surface area contributed by atoms with E-state index in [9.17, 15) is 9.90 Å². The van der Waals surface area contributed by atoms with Crippen LogP contribution >= 0.6 is 24.8 Å². The first-order chi connectivity index (χ1) is 11.7. The highest BCUT2D eigenvalue weighted by atomic mass is 35.5. The Bertz CT molecular complexity index is 542. The molecule has 6 nitrogen and oxygen atoms in total. The summed E-state index contributed by atoms with van der Waals surface area (Å²) in [6, 6.07) is 9.94. The van der Waals surface area contributed by atoms with E-state index in [0.717, 1.165) is 38.0 Å². The number of hydrogen-bond donors (Lipinski definition) is 2. The maximum absolute atomic E-state index is 12.3. The second-order valence-electron chi connectivity index (χ2n) is 6.59. The minimum atomic E-state index is -0.186. The summed E-state index contributed by atoms with van der Waals surface area (Å²) >= 11 is 0. The molecule has 2 atom stereocenters. The molecule has 2 saturated heterocycles. The molecule has 1 aromatic carbocycles. The smallest absolute Gasteiger partial charge is 0.236 e. The molecular formula is C18H29Cl2N3O3. The van der Waals surface area contributed by atoms with Crippen LogP contribution in [0, 0.1) is 0 Å². The van der Waals surface area contributed by atoms with Crippen molar-refractivity contribution in [3.05, 3.63) is 35.9 Å². The van der Waals surface area contributed by atoms with Gasteiger partial charge in [0.25, 0.3) is 0 Å². The van der Waals surface area contributed by atoms with Crippen LogP contribution in [-0.4, -0.2) is 72.4 Å². The summed E-state index contributed by atoms with van der Waals surface area (Å²) in [5, 5.41) is 9.68. The lowest BCUT2D eigenvalue weighted by Gasteiger charge is -2.43. The molecule has 8 heteroatoms. The number of piperidine rings is 1. The van der Waals surface area contributed by atoms with Crippen molar-refractivity contribution in [2.24, 2.45) is 5.73 Å². The van der Waals surface area contributed by atoms with Crippen LogP contribution in [0.5, 0.6) is 0 Å². The van der Waals surface area contributed by atoms with Gasteiger partial charge in [-0.05, 0) is 18.4 Å². The summed E-state index contributed by atoms with van der Waals surface area (Å²) in [6.07, 6.45) is 1.34.